The summed E-state index contributed by atoms with van der Waals surface area (Å²) in [6, 6.07) is 0.133. The van der Waals surface area contributed by atoms with Gasteiger partial charge in [-0.15, -0.1) is 0 Å². The van der Waals surface area contributed by atoms with Crippen LogP contribution in [0.3, 0.4) is 0 Å². The summed E-state index contributed by atoms with van der Waals surface area (Å²) in [7, 11) is -9.52. The molecule has 0 radical (unpaired) electrons. The summed E-state index contributed by atoms with van der Waals surface area (Å²) in [4.78, 5) is 42.7. The van der Waals surface area contributed by atoms with Crippen molar-refractivity contribution < 1.29 is 48.4 Å². The molecule has 3 aliphatic rings. The molecule has 0 saturated carbocycles. The van der Waals surface area contributed by atoms with Crippen molar-refractivity contribution in [3.8, 4) is 0 Å². The van der Waals surface area contributed by atoms with Gasteiger partial charge in [0.15, 0.2) is 29.1 Å². The minimum absolute atomic E-state index is 0.0667. The van der Waals surface area contributed by atoms with Gasteiger partial charge in [-0.05, 0) is 37.3 Å². The van der Waals surface area contributed by atoms with Crippen molar-refractivity contribution >= 4 is 43.8 Å². The van der Waals surface area contributed by atoms with Crippen molar-refractivity contribution in [2.24, 2.45) is 0 Å². The van der Waals surface area contributed by atoms with Gasteiger partial charge in [-0.25, -0.2) is 4.98 Å². The van der Waals surface area contributed by atoms with Gasteiger partial charge in [0.2, 0.25) is 5.28 Å². The monoisotopic (exact) mass is 569 g/mol. The van der Waals surface area contributed by atoms with E-state index >= 15 is 0 Å². The van der Waals surface area contributed by atoms with Crippen molar-refractivity contribution in [2.75, 3.05) is 17.4 Å². The predicted molar refractivity (Wildman–Crippen MR) is 123 cm³/mol. The zero-order chi connectivity index (χ0) is 26.0. The van der Waals surface area contributed by atoms with Crippen LogP contribution >= 0.6 is 26.8 Å². The number of piperidine rings is 1. The minimum atomic E-state index is -4.83. The topological polar surface area (TPSA) is 221 Å². The Hall–Kier alpha value is -1.22. The van der Waals surface area contributed by atoms with Crippen LogP contribution in [0.5, 0.6) is 0 Å². The Morgan fingerprint density at radius 3 is 2.39 bits per heavy atom. The van der Waals surface area contributed by atoms with Crippen LogP contribution in [0.15, 0.2) is 6.33 Å². The van der Waals surface area contributed by atoms with E-state index in [1.807, 2.05) is 0 Å². The molecule has 200 valence electrons. The highest BCUT2D eigenvalue weighted by Crippen LogP contribution is 2.55. The number of fused-ring (bicyclic) bond motifs is 3. The molecular weight excluding hydrogens is 544 g/mol. The van der Waals surface area contributed by atoms with Gasteiger partial charge in [-0.3, -0.25) is 13.7 Å². The molecule has 2 bridgehead atoms. The highest BCUT2D eigenvalue weighted by molar-refractivity contribution is 7.70. The van der Waals surface area contributed by atoms with E-state index < -0.39 is 52.2 Å². The van der Waals surface area contributed by atoms with E-state index in [9.17, 15) is 29.3 Å². The van der Waals surface area contributed by atoms with Crippen molar-refractivity contribution in [2.45, 2.75) is 68.4 Å². The van der Waals surface area contributed by atoms with Crippen LogP contribution in [0, 0.1) is 0 Å². The zero-order valence-electron chi connectivity index (χ0n) is 18.7. The standard InChI is InChI=1S/C18H26ClN5O10P2/c19-18-21-15-12(16(22-18)24-8-1-2-9(24)4-10(25)3-8)20-6-23(15)17-14(27)13(26)11(34-17)5-33-36(31,32)7-35(28,29)30/h6,8-11,13-14,17,25-27H,1-5,7H2,(H,31,32)(H2,28,29,30)/t8?,9?,10?,11-,13+,14?,17-/m1/s1. The third kappa shape index (κ3) is 5.07. The molecule has 36 heavy (non-hydrogen) atoms. The van der Waals surface area contributed by atoms with Crippen LogP contribution in [0.2, 0.25) is 5.28 Å². The summed E-state index contributed by atoms with van der Waals surface area (Å²) in [6.07, 6.45) is -1.68. The van der Waals surface area contributed by atoms with Crippen molar-refractivity contribution in [1.82, 2.24) is 19.5 Å². The predicted octanol–water partition coefficient (Wildman–Crippen LogP) is -0.0718. The van der Waals surface area contributed by atoms with Crippen LogP contribution in [0.1, 0.15) is 31.9 Å². The average Bonchev–Trinajstić information content (AvgIpc) is 3.38. The lowest BCUT2D eigenvalue weighted by atomic mass is 10.00. The van der Waals surface area contributed by atoms with E-state index in [0.717, 1.165) is 12.8 Å². The molecule has 0 spiro atoms. The fourth-order valence-electron chi connectivity index (χ4n) is 5.30. The molecule has 3 aliphatic heterocycles. The second-order valence-electron chi connectivity index (χ2n) is 9.34. The molecule has 5 heterocycles. The first-order chi connectivity index (χ1) is 16.8. The first-order valence-electron chi connectivity index (χ1n) is 11.2. The highest BCUT2D eigenvalue weighted by atomic mass is 35.5. The van der Waals surface area contributed by atoms with E-state index in [4.69, 9.17) is 30.6 Å². The number of imidazole rings is 1. The molecule has 7 atom stereocenters. The molecule has 0 amide bonds. The summed E-state index contributed by atoms with van der Waals surface area (Å²) >= 11 is 6.23. The Bertz CT molecular complexity index is 1230. The fraction of sp³-hybridized carbons (Fsp3) is 0.722. The maximum absolute atomic E-state index is 11.9. The van der Waals surface area contributed by atoms with E-state index in [1.165, 1.54) is 10.9 Å². The van der Waals surface area contributed by atoms with Gasteiger partial charge in [0.1, 0.15) is 18.3 Å². The number of ether oxygens (including phenoxy) is 1. The summed E-state index contributed by atoms with van der Waals surface area (Å²) < 4.78 is 34.7. The van der Waals surface area contributed by atoms with Crippen LogP contribution in [-0.2, 0) is 18.4 Å². The summed E-state index contributed by atoms with van der Waals surface area (Å²) in [5.74, 6) is -0.899. The largest absolute Gasteiger partial charge is 0.393 e. The maximum atomic E-state index is 11.9. The third-order valence-corrected chi connectivity index (χ3v) is 10.4. The van der Waals surface area contributed by atoms with Crippen LogP contribution in [0.25, 0.3) is 11.2 Å². The molecule has 0 aliphatic carbocycles. The fourth-order valence-corrected chi connectivity index (χ4v) is 8.03. The lowest BCUT2D eigenvalue weighted by Gasteiger charge is -2.38. The average molecular weight is 570 g/mol. The molecule has 4 unspecified atom stereocenters. The van der Waals surface area contributed by atoms with Gasteiger partial charge in [-0.1, -0.05) is 0 Å². The number of rotatable bonds is 7. The molecule has 3 fully saturated rings. The lowest BCUT2D eigenvalue weighted by molar-refractivity contribution is -0.0483. The van der Waals surface area contributed by atoms with Gasteiger partial charge in [0, 0.05) is 12.1 Å². The smallest absolute Gasteiger partial charge is 0.340 e. The molecule has 15 nitrogen and oxygen atoms in total. The molecule has 6 N–H and O–H groups in total. The van der Waals surface area contributed by atoms with Crippen LogP contribution in [-0.4, -0.2) is 98.5 Å². The van der Waals surface area contributed by atoms with Crippen molar-refractivity contribution in [3.05, 3.63) is 11.6 Å². The van der Waals surface area contributed by atoms with Crippen molar-refractivity contribution in [3.63, 3.8) is 0 Å². The summed E-state index contributed by atoms with van der Waals surface area (Å²) in [5, 5.41) is 31.1. The number of aliphatic hydroxyl groups is 3. The lowest BCUT2D eigenvalue weighted by Crippen LogP contribution is -2.45. The highest BCUT2D eigenvalue weighted by Gasteiger charge is 2.47. The van der Waals surface area contributed by atoms with E-state index in [-0.39, 0.29) is 29.1 Å². The number of halogens is 1. The molecular formula is C18H26ClN5O10P2. The van der Waals surface area contributed by atoms with E-state index in [0.29, 0.717) is 24.2 Å². The van der Waals surface area contributed by atoms with Crippen LogP contribution in [0.4, 0.5) is 5.82 Å². The Morgan fingerprint density at radius 2 is 1.75 bits per heavy atom. The van der Waals surface area contributed by atoms with Gasteiger partial charge in [0.05, 0.1) is 19.0 Å². The Morgan fingerprint density at radius 1 is 1.08 bits per heavy atom. The number of aromatic nitrogens is 4. The quantitative estimate of drug-likeness (QED) is 0.190. The molecule has 5 rings (SSSR count). The van der Waals surface area contributed by atoms with E-state index in [1.54, 1.807) is 0 Å². The van der Waals surface area contributed by atoms with Gasteiger partial charge >= 0.3 is 15.2 Å². The zero-order valence-corrected chi connectivity index (χ0v) is 21.2. The number of hydrogen-bond donors (Lipinski definition) is 6. The molecule has 18 heteroatoms. The normalized spacial score (nSPS) is 34.4. The van der Waals surface area contributed by atoms with Crippen molar-refractivity contribution in [1.29, 1.82) is 0 Å². The first-order valence-corrected chi connectivity index (χ1v) is 15.2. The van der Waals surface area contributed by atoms with Gasteiger partial charge in [0.25, 0.3) is 0 Å². The SMILES string of the molecule is O=P(O)(O)CP(=O)(O)OC[C@H]1O[C@@H](n2cnc3c(N4C5CCC4CC(O)C5)nc(Cl)nc32)C(O)[C@H]1O. The molecule has 2 aromatic heterocycles. The Balaban J connectivity index is 1.39. The van der Waals surface area contributed by atoms with Crippen LogP contribution < -0.4 is 4.90 Å². The second-order valence-corrected chi connectivity index (χ2v) is 13.7. The van der Waals surface area contributed by atoms with Gasteiger partial charge in [-0.2, -0.15) is 9.97 Å². The third-order valence-electron chi connectivity index (χ3n) is 6.74. The first kappa shape index (κ1) is 26.4. The minimum Gasteiger partial charge on any atom is -0.393 e. The Labute approximate surface area is 209 Å². The van der Waals surface area contributed by atoms with E-state index in [2.05, 4.69) is 19.9 Å². The Kier molecular flexibility index (Phi) is 6.97. The second kappa shape index (κ2) is 9.51. The van der Waals surface area contributed by atoms with Gasteiger partial charge < -0.3 is 44.2 Å². The number of aliphatic hydroxyl groups excluding tert-OH is 3. The summed E-state index contributed by atoms with van der Waals surface area (Å²) in [5.41, 5.74) is 0.613. The number of anilines is 1. The maximum Gasteiger partial charge on any atom is 0.340 e. The molecule has 3 saturated heterocycles. The number of nitrogens with zero attached hydrogens (tertiary/aromatic N) is 5. The molecule has 0 aromatic carbocycles. The number of hydrogen-bond acceptors (Lipinski definition) is 11. The molecule has 2 aromatic rings. The summed E-state index contributed by atoms with van der Waals surface area (Å²) in [6.45, 7) is -0.713.